The van der Waals surface area contributed by atoms with Gasteiger partial charge in [-0.3, -0.25) is 4.55 Å². The Bertz CT molecular complexity index is 611. The van der Waals surface area contributed by atoms with Crippen molar-refractivity contribution >= 4 is 30.9 Å². The minimum Gasteiger partial charge on any atom is -0.282 e. The fraction of sp³-hybridized carbons (Fsp3) is 0.429. The second-order valence-corrected chi connectivity index (χ2v) is 9.27. The van der Waals surface area contributed by atoms with Gasteiger partial charge < -0.3 is 0 Å². The van der Waals surface area contributed by atoms with Gasteiger partial charge in [-0.2, -0.15) is 8.42 Å². The number of benzene rings is 1. The van der Waals surface area contributed by atoms with Gasteiger partial charge in [0.15, 0.2) is 0 Å². The van der Waals surface area contributed by atoms with Crippen molar-refractivity contribution in [3.05, 3.63) is 29.3 Å². The quantitative estimate of drug-likeness (QED) is 0.689. The molecule has 0 atom stereocenters. The summed E-state index contributed by atoms with van der Waals surface area (Å²) in [6, 6.07) is 1.75. The van der Waals surface area contributed by atoms with E-state index in [0.717, 1.165) is 11.1 Å². The van der Waals surface area contributed by atoms with Crippen LogP contribution in [0.15, 0.2) is 17.5 Å². The van der Waals surface area contributed by atoms with Crippen molar-refractivity contribution in [2.45, 2.75) is 44.6 Å². The van der Waals surface area contributed by atoms with Gasteiger partial charge in [0.1, 0.15) is 4.90 Å². The van der Waals surface area contributed by atoms with Gasteiger partial charge in [0, 0.05) is 0 Å². The number of rotatable bonds is 3. The van der Waals surface area contributed by atoms with E-state index in [2.05, 4.69) is 27.4 Å². The molecule has 0 saturated heterocycles. The monoisotopic (exact) mass is 296 g/mol. The number of hydrogen-bond acceptors (Lipinski definition) is 2. The van der Waals surface area contributed by atoms with Crippen LogP contribution in [-0.2, 0) is 10.1 Å². The summed E-state index contributed by atoms with van der Waals surface area (Å²) in [5, 5.41) is 0.668. The molecule has 0 fully saturated rings. The largest absolute Gasteiger partial charge is 0.294 e. The van der Waals surface area contributed by atoms with Crippen molar-refractivity contribution in [2.75, 3.05) is 0 Å². The highest BCUT2D eigenvalue weighted by Crippen LogP contribution is 2.25. The second kappa shape index (κ2) is 5.23. The van der Waals surface area contributed by atoms with Crippen LogP contribution in [0.4, 0.5) is 0 Å². The summed E-state index contributed by atoms with van der Waals surface area (Å²) in [7, 11) is -3.96. The first-order valence-electron chi connectivity index (χ1n) is 5.99. The van der Waals surface area contributed by atoms with Crippen molar-refractivity contribution in [1.82, 2.24) is 0 Å². The minimum atomic E-state index is -4.25. The van der Waals surface area contributed by atoms with Crippen LogP contribution in [0, 0.1) is 13.8 Å². The Morgan fingerprint density at radius 2 is 1.84 bits per heavy atom. The van der Waals surface area contributed by atoms with Crippen LogP contribution in [-0.4, -0.2) is 22.5 Å². The molecular formula is C14H20O3SSi. The zero-order chi connectivity index (χ0) is 15.0. The molecule has 2 radical (unpaired) electrons. The highest BCUT2D eigenvalue weighted by molar-refractivity contribution is 7.86. The maximum Gasteiger partial charge on any atom is 0.294 e. The zero-order valence-electron chi connectivity index (χ0n) is 12.0. The third-order valence-electron chi connectivity index (χ3n) is 2.81. The highest BCUT2D eigenvalue weighted by atomic mass is 32.2. The van der Waals surface area contributed by atoms with E-state index in [1.54, 1.807) is 6.07 Å². The van der Waals surface area contributed by atoms with E-state index in [0.29, 0.717) is 20.3 Å². The molecule has 1 N–H and O–H groups in total. The Labute approximate surface area is 118 Å². The average molecular weight is 296 g/mol. The maximum atomic E-state index is 11.7. The van der Waals surface area contributed by atoms with Crippen LogP contribution in [0.5, 0.6) is 0 Å². The maximum absolute atomic E-state index is 11.7. The van der Waals surface area contributed by atoms with Crippen molar-refractivity contribution in [1.29, 1.82) is 0 Å². The average Bonchev–Trinajstić information content (AvgIpc) is 2.20. The molecule has 1 aromatic carbocycles. The molecule has 0 bridgehead atoms. The van der Waals surface area contributed by atoms with Gasteiger partial charge in [0.25, 0.3) is 10.1 Å². The molecule has 1 aromatic rings. The van der Waals surface area contributed by atoms with Crippen molar-refractivity contribution in [2.24, 2.45) is 0 Å². The van der Waals surface area contributed by atoms with Gasteiger partial charge in [0.05, 0.1) is 9.52 Å². The molecule has 0 amide bonds. The topological polar surface area (TPSA) is 54.4 Å². The summed E-state index contributed by atoms with van der Waals surface area (Å²) in [5.74, 6) is 0. The third-order valence-corrected chi connectivity index (χ3v) is 5.57. The first kappa shape index (κ1) is 16.1. The van der Waals surface area contributed by atoms with E-state index in [4.69, 9.17) is 0 Å². The summed E-state index contributed by atoms with van der Waals surface area (Å²) in [6.45, 7) is 13.6. The summed E-state index contributed by atoms with van der Waals surface area (Å²) < 4.78 is 32.9. The molecule has 0 saturated carbocycles. The molecule has 19 heavy (non-hydrogen) atoms. The Balaban J connectivity index is 3.75. The molecular weight excluding hydrogens is 276 g/mol. The smallest absolute Gasteiger partial charge is 0.282 e. The van der Waals surface area contributed by atoms with E-state index in [-0.39, 0.29) is 9.93 Å². The van der Waals surface area contributed by atoms with Gasteiger partial charge in [-0.05, 0) is 40.8 Å². The lowest BCUT2D eigenvalue weighted by Gasteiger charge is -2.22. The number of aryl methyl sites for hydroxylation is 1. The second-order valence-electron chi connectivity index (χ2n) is 5.67. The summed E-state index contributed by atoms with van der Waals surface area (Å²) in [4.78, 5) is 0.0128. The van der Waals surface area contributed by atoms with Gasteiger partial charge in [-0.25, -0.2) is 0 Å². The Kier molecular flexibility index (Phi) is 4.44. The standard InChI is InChI=1S/C14H20O3SSi/c1-7-11-8-9(2)10(3)13(19-14(4,5)6)12(11)18(15,16)17/h7-8H,1H2,2-6H3,(H,15,16,17). The van der Waals surface area contributed by atoms with Crippen molar-refractivity contribution < 1.29 is 13.0 Å². The molecule has 0 aliphatic rings. The summed E-state index contributed by atoms with van der Waals surface area (Å²) in [5.41, 5.74) is 2.40. The summed E-state index contributed by atoms with van der Waals surface area (Å²) >= 11 is 0. The Hall–Kier alpha value is -0.913. The van der Waals surface area contributed by atoms with Crippen molar-refractivity contribution in [3.8, 4) is 0 Å². The highest BCUT2D eigenvalue weighted by Gasteiger charge is 2.26. The van der Waals surface area contributed by atoms with Crippen LogP contribution in [0.3, 0.4) is 0 Å². The minimum absolute atomic E-state index is 0.0128. The van der Waals surface area contributed by atoms with Gasteiger partial charge >= 0.3 is 0 Å². The molecule has 1 rings (SSSR count). The Morgan fingerprint density at radius 1 is 1.32 bits per heavy atom. The zero-order valence-corrected chi connectivity index (χ0v) is 13.9. The third kappa shape index (κ3) is 3.78. The SMILES string of the molecule is C=Cc1cc(C)c(C)c([Si]C(C)(C)C)c1S(=O)(=O)O. The van der Waals surface area contributed by atoms with Gasteiger partial charge in [-0.1, -0.05) is 39.5 Å². The lowest BCUT2D eigenvalue weighted by molar-refractivity contribution is 0.483. The van der Waals surface area contributed by atoms with Crippen LogP contribution in [0.1, 0.15) is 37.5 Å². The van der Waals surface area contributed by atoms with Gasteiger partial charge in [-0.15, -0.1) is 0 Å². The molecule has 0 heterocycles. The van der Waals surface area contributed by atoms with Crippen LogP contribution in [0.25, 0.3) is 6.08 Å². The molecule has 0 aromatic heterocycles. The van der Waals surface area contributed by atoms with Gasteiger partial charge in [0.2, 0.25) is 0 Å². The predicted molar refractivity (Wildman–Crippen MR) is 80.9 cm³/mol. The van der Waals surface area contributed by atoms with Crippen LogP contribution in [0.2, 0.25) is 5.04 Å². The lowest BCUT2D eigenvalue weighted by atomic mass is 10.1. The van der Waals surface area contributed by atoms with E-state index in [1.807, 2.05) is 13.8 Å². The van der Waals surface area contributed by atoms with Crippen molar-refractivity contribution in [3.63, 3.8) is 0 Å². The molecule has 5 heteroatoms. The molecule has 0 aliphatic heterocycles. The Morgan fingerprint density at radius 3 is 2.21 bits per heavy atom. The normalized spacial score (nSPS) is 12.5. The van der Waals surface area contributed by atoms with E-state index in [9.17, 15) is 13.0 Å². The predicted octanol–water partition coefficient (Wildman–Crippen LogP) is 2.74. The first-order chi connectivity index (χ1) is 8.47. The fourth-order valence-corrected chi connectivity index (χ4v) is 4.66. The molecule has 104 valence electrons. The fourth-order valence-electron chi connectivity index (χ4n) is 1.87. The molecule has 0 aliphatic carbocycles. The van der Waals surface area contributed by atoms with E-state index in [1.165, 1.54) is 6.08 Å². The van der Waals surface area contributed by atoms with Crippen LogP contribution >= 0.6 is 0 Å². The van der Waals surface area contributed by atoms with E-state index >= 15 is 0 Å². The molecule has 0 unspecified atom stereocenters. The van der Waals surface area contributed by atoms with E-state index < -0.39 is 10.1 Å². The number of hydrogen-bond donors (Lipinski definition) is 1. The summed E-state index contributed by atoms with van der Waals surface area (Å²) in [6.07, 6.45) is 1.48. The van der Waals surface area contributed by atoms with Crippen LogP contribution < -0.4 is 5.19 Å². The molecule has 3 nitrogen and oxygen atoms in total. The molecule has 0 spiro atoms. The lowest BCUT2D eigenvalue weighted by Crippen LogP contribution is -2.32. The first-order valence-corrected chi connectivity index (χ1v) is 8.43.